The number of rotatable bonds is 2. The molecule has 2 nitrogen and oxygen atoms in total. The Morgan fingerprint density at radius 3 is 2.78 bits per heavy atom. The predicted octanol–water partition coefficient (Wildman–Crippen LogP) is 2.50. The van der Waals surface area contributed by atoms with Crippen LogP contribution < -0.4 is 11.1 Å². The summed E-state index contributed by atoms with van der Waals surface area (Å²) in [5.41, 5.74) is 5.86. The van der Waals surface area contributed by atoms with E-state index in [1.165, 1.54) is 12.1 Å². The first-order valence-corrected chi connectivity index (χ1v) is 6.03. The zero-order valence-electron chi connectivity index (χ0n) is 10.2. The molecule has 0 aliphatic carbocycles. The first-order chi connectivity index (χ1) is 8.37. The molecule has 1 aromatic rings. The maximum absolute atomic E-state index is 12.7. The normalized spacial score (nSPS) is 28.6. The Bertz CT molecular complexity index is 430. The topological polar surface area (TPSA) is 38.0 Å². The Morgan fingerprint density at radius 1 is 1.44 bits per heavy atom. The molecule has 0 amide bonds. The van der Waals surface area contributed by atoms with Gasteiger partial charge in [-0.05, 0) is 18.1 Å². The van der Waals surface area contributed by atoms with E-state index in [0.717, 1.165) is 12.5 Å². The Morgan fingerprint density at radius 2 is 2.17 bits per heavy atom. The van der Waals surface area contributed by atoms with Crippen LogP contribution in [0, 0.1) is 0 Å². The van der Waals surface area contributed by atoms with E-state index in [4.69, 9.17) is 5.73 Å². The molecule has 3 N–H and O–H groups in total. The molecular formula is C13H17F3N2. The van der Waals surface area contributed by atoms with Gasteiger partial charge in [-0.15, -0.1) is 0 Å². The van der Waals surface area contributed by atoms with Crippen LogP contribution in [0.2, 0.25) is 0 Å². The molecule has 0 aromatic heterocycles. The van der Waals surface area contributed by atoms with E-state index < -0.39 is 17.3 Å². The standard InChI is InChI=1S/C13H17F3N2/c1-2-12(17)8-18-7-11(12)9-4-3-5-10(6-9)13(14,15)16/h3-6,11,18H,2,7-8,17H2,1H3. The number of nitrogens with one attached hydrogen (secondary N) is 1. The molecular weight excluding hydrogens is 241 g/mol. The van der Waals surface area contributed by atoms with Gasteiger partial charge in [0.2, 0.25) is 0 Å². The van der Waals surface area contributed by atoms with Gasteiger partial charge in [0.1, 0.15) is 0 Å². The number of nitrogens with two attached hydrogens (primary N) is 1. The Hall–Kier alpha value is -1.07. The van der Waals surface area contributed by atoms with Gasteiger partial charge in [-0.1, -0.05) is 25.1 Å². The first-order valence-electron chi connectivity index (χ1n) is 6.03. The monoisotopic (exact) mass is 258 g/mol. The van der Waals surface area contributed by atoms with Gasteiger partial charge in [-0.3, -0.25) is 0 Å². The third kappa shape index (κ3) is 2.37. The van der Waals surface area contributed by atoms with Gasteiger partial charge < -0.3 is 11.1 Å². The minimum Gasteiger partial charge on any atom is -0.323 e. The van der Waals surface area contributed by atoms with Crippen LogP contribution in [0.5, 0.6) is 0 Å². The smallest absolute Gasteiger partial charge is 0.323 e. The number of alkyl halides is 3. The van der Waals surface area contributed by atoms with Crippen LogP contribution >= 0.6 is 0 Å². The van der Waals surface area contributed by atoms with Crippen molar-refractivity contribution in [1.82, 2.24) is 5.32 Å². The second-order valence-corrected chi connectivity index (χ2v) is 4.89. The van der Waals surface area contributed by atoms with Crippen molar-refractivity contribution in [3.05, 3.63) is 35.4 Å². The molecule has 1 aliphatic heterocycles. The zero-order chi connectivity index (χ0) is 13.4. The van der Waals surface area contributed by atoms with Crippen LogP contribution in [0.25, 0.3) is 0 Å². The molecule has 2 rings (SSSR count). The van der Waals surface area contributed by atoms with Crippen molar-refractivity contribution in [1.29, 1.82) is 0 Å². The van der Waals surface area contributed by atoms with Crippen molar-refractivity contribution < 1.29 is 13.2 Å². The van der Waals surface area contributed by atoms with Gasteiger partial charge >= 0.3 is 6.18 Å². The molecule has 2 atom stereocenters. The summed E-state index contributed by atoms with van der Waals surface area (Å²) in [5.74, 6) is -0.0650. The zero-order valence-corrected chi connectivity index (χ0v) is 10.2. The largest absolute Gasteiger partial charge is 0.416 e. The highest BCUT2D eigenvalue weighted by molar-refractivity contribution is 5.32. The van der Waals surface area contributed by atoms with Crippen LogP contribution in [0.3, 0.4) is 0 Å². The summed E-state index contributed by atoms with van der Waals surface area (Å²) < 4.78 is 38.0. The van der Waals surface area contributed by atoms with E-state index in [1.807, 2.05) is 6.92 Å². The summed E-state index contributed by atoms with van der Waals surface area (Å²) in [5, 5.41) is 3.16. The maximum atomic E-state index is 12.7. The van der Waals surface area contributed by atoms with Crippen molar-refractivity contribution in [3.63, 3.8) is 0 Å². The summed E-state index contributed by atoms with van der Waals surface area (Å²) in [6.07, 6.45) is -3.56. The molecule has 1 fully saturated rings. The number of halogens is 3. The third-order valence-electron chi connectivity index (χ3n) is 3.77. The maximum Gasteiger partial charge on any atom is 0.416 e. The van der Waals surface area contributed by atoms with E-state index in [0.29, 0.717) is 18.7 Å². The van der Waals surface area contributed by atoms with Gasteiger partial charge in [0.15, 0.2) is 0 Å². The summed E-state index contributed by atoms with van der Waals surface area (Å²) in [6, 6.07) is 5.49. The summed E-state index contributed by atoms with van der Waals surface area (Å²) in [7, 11) is 0. The average Bonchev–Trinajstić information content (AvgIpc) is 2.71. The van der Waals surface area contributed by atoms with Crippen LogP contribution in [0.15, 0.2) is 24.3 Å². The van der Waals surface area contributed by atoms with Gasteiger partial charge in [0.25, 0.3) is 0 Å². The van der Waals surface area contributed by atoms with Crippen molar-refractivity contribution in [3.8, 4) is 0 Å². The highest BCUT2D eigenvalue weighted by Gasteiger charge is 2.39. The number of hydrogen-bond acceptors (Lipinski definition) is 2. The fourth-order valence-corrected chi connectivity index (χ4v) is 2.53. The first kappa shape index (κ1) is 13.4. The average molecular weight is 258 g/mol. The fraction of sp³-hybridized carbons (Fsp3) is 0.538. The molecule has 1 heterocycles. The van der Waals surface area contributed by atoms with Gasteiger partial charge in [-0.2, -0.15) is 13.2 Å². The van der Waals surface area contributed by atoms with Crippen LogP contribution in [0.4, 0.5) is 13.2 Å². The van der Waals surface area contributed by atoms with E-state index in [2.05, 4.69) is 5.32 Å². The van der Waals surface area contributed by atoms with Crippen LogP contribution in [-0.2, 0) is 6.18 Å². The highest BCUT2D eigenvalue weighted by Crippen LogP contribution is 2.36. The van der Waals surface area contributed by atoms with E-state index in [9.17, 15) is 13.2 Å². The van der Waals surface area contributed by atoms with Crippen LogP contribution in [0.1, 0.15) is 30.4 Å². The van der Waals surface area contributed by atoms with Crippen molar-refractivity contribution >= 4 is 0 Å². The van der Waals surface area contributed by atoms with Gasteiger partial charge in [-0.25, -0.2) is 0 Å². The SMILES string of the molecule is CCC1(N)CNCC1c1cccc(C(F)(F)F)c1. The van der Waals surface area contributed by atoms with Crippen molar-refractivity contribution in [2.45, 2.75) is 31.0 Å². The van der Waals surface area contributed by atoms with Crippen molar-refractivity contribution in [2.75, 3.05) is 13.1 Å². The molecule has 5 heteroatoms. The fourth-order valence-electron chi connectivity index (χ4n) is 2.53. The van der Waals surface area contributed by atoms with Gasteiger partial charge in [0.05, 0.1) is 5.56 Å². The minimum atomic E-state index is -4.30. The summed E-state index contributed by atoms with van der Waals surface area (Å²) in [6.45, 7) is 3.24. The summed E-state index contributed by atoms with van der Waals surface area (Å²) >= 11 is 0. The summed E-state index contributed by atoms with van der Waals surface area (Å²) in [4.78, 5) is 0. The molecule has 18 heavy (non-hydrogen) atoms. The molecule has 2 unspecified atom stereocenters. The number of hydrogen-bond donors (Lipinski definition) is 2. The van der Waals surface area contributed by atoms with Crippen LogP contribution in [-0.4, -0.2) is 18.6 Å². The lowest BCUT2D eigenvalue weighted by Crippen LogP contribution is -2.45. The molecule has 1 aromatic carbocycles. The lowest BCUT2D eigenvalue weighted by atomic mass is 9.80. The Labute approximate surface area is 104 Å². The van der Waals surface area contributed by atoms with Gasteiger partial charge in [0, 0.05) is 24.5 Å². The predicted molar refractivity (Wildman–Crippen MR) is 64.3 cm³/mol. The molecule has 0 radical (unpaired) electrons. The second-order valence-electron chi connectivity index (χ2n) is 4.89. The molecule has 0 bridgehead atoms. The lowest BCUT2D eigenvalue weighted by Gasteiger charge is -2.29. The van der Waals surface area contributed by atoms with E-state index in [1.54, 1.807) is 6.07 Å². The highest BCUT2D eigenvalue weighted by atomic mass is 19.4. The molecule has 100 valence electrons. The van der Waals surface area contributed by atoms with E-state index in [-0.39, 0.29) is 5.92 Å². The molecule has 1 aliphatic rings. The second kappa shape index (κ2) is 4.55. The lowest BCUT2D eigenvalue weighted by molar-refractivity contribution is -0.137. The van der Waals surface area contributed by atoms with Crippen molar-refractivity contribution in [2.24, 2.45) is 5.73 Å². The third-order valence-corrected chi connectivity index (χ3v) is 3.77. The minimum absolute atomic E-state index is 0.0650. The molecule has 0 saturated carbocycles. The molecule has 0 spiro atoms. The number of benzene rings is 1. The Balaban J connectivity index is 2.34. The quantitative estimate of drug-likeness (QED) is 0.855. The Kier molecular flexibility index (Phi) is 3.38. The molecule has 1 saturated heterocycles. The van der Waals surface area contributed by atoms with E-state index >= 15 is 0 Å².